The Morgan fingerprint density at radius 3 is 1.78 bits per heavy atom. The molecule has 0 radical (unpaired) electrons. The van der Waals surface area contributed by atoms with Crippen LogP contribution in [0, 0.1) is 0 Å². The lowest BCUT2D eigenvalue weighted by atomic mass is 10.2. The first-order chi connectivity index (χ1) is 11.2. The van der Waals surface area contributed by atoms with Gasteiger partial charge >= 0.3 is 0 Å². The van der Waals surface area contributed by atoms with Gasteiger partial charge in [0.25, 0.3) is 0 Å². The van der Waals surface area contributed by atoms with Crippen LogP contribution in [-0.2, 0) is 9.59 Å². The molecule has 0 spiro atoms. The van der Waals surface area contributed by atoms with Crippen molar-refractivity contribution in [2.75, 3.05) is 0 Å². The molecule has 0 aromatic carbocycles. The van der Waals surface area contributed by atoms with Gasteiger partial charge in [0.05, 0.1) is 25.0 Å². The number of carbonyl (C=O) groups is 2. The summed E-state index contributed by atoms with van der Waals surface area (Å²) in [4.78, 5) is 23.0. The Hall–Kier alpha value is -3.16. The summed E-state index contributed by atoms with van der Waals surface area (Å²) in [7, 11) is 0. The van der Waals surface area contributed by atoms with Crippen molar-refractivity contribution in [1.82, 2.24) is 10.9 Å². The molecule has 8 heteroatoms. The summed E-state index contributed by atoms with van der Waals surface area (Å²) in [6.45, 7) is 0. The van der Waals surface area contributed by atoms with E-state index in [4.69, 9.17) is 8.83 Å². The molecule has 2 heterocycles. The van der Waals surface area contributed by atoms with Crippen molar-refractivity contribution >= 4 is 24.2 Å². The summed E-state index contributed by atoms with van der Waals surface area (Å²) in [5, 5.41) is 7.47. The van der Waals surface area contributed by atoms with Crippen molar-refractivity contribution in [2.24, 2.45) is 10.2 Å². The first-order valence-electron chi connectivity index (χ1n) is 6.95. The zero-order valence-corrected chi connectivity index (χ0v) is 12.3. The maximum Gasteiger partial charge on any atom is 0.240 e. The molecule has 0 fully saturated rings. The third kappa shape index (κ3) is 6.42. The van der Waals surface area contributed by atoms with Crippen molar-refractivity contribution in [1.29, 1.82) is 0 Å². The number of hydrogen-bond donors (Lipinski definition) is 2. The number of amides is 2. The van der Waals surface area contributed by atoms with Crippen LogP contribution in [0.2, 0.25) is 0 Å². The van der Waals surface area contributed by atoms with Gasteiger partial charge in [0.2, 0.25) is 11.8 Å². The van der Waals surface area contributed by atoms with E-state index in [1.165, 1.54) is 25.0 Å². The number of hydrogen-bond acceptors (Lipinski definition) is 6. The molecular formula is C15H16N4O4. The topological polar surface area (TPSA) is 109 Å². The van der Waals surface area contributed by atoms with Gasteiger partial charge in [-0.2, -0.15) is 10.2 Å². The molecule has 120 valence electrons. The van der Waals surface area contributed by atoms with Crippen LogP contribution in [0.15, 0.2) is 55.8 Å². The average molecular weight is 316 g/mol. The van der Waals surface area contributed by atoms with Crippen molar-refractivity contribution in [3.05, 3.63) is 48.3 Å². The van der Waals surface area contributed by atoms with E-state index in [2.05, 4.69) is 21.1 Å². The highest BCUT2D eigenvalue weighted by Crippen LogP contribution is 1.97. The summed E-state index contributed by atoms with van der Waals surface area (Å²) in [5.74, 6) is 0.526. The second kappa shape index (κ2) is 8.98. The Bertz CT molecular complexity index is 601. The Balaban J connectivity index is 1.56. The van der Waals surface area contributed by atoms with Gasteiger partial charge in [0.1, 0.15) is 11.5 Å². The summed E-state index contributed by atoms with van der Waals surface area (Å²) >= 11 is 0. The minimum Gasteiger partial charge on any atom is -0.463 e. The maximum atomic E-state index is 11.5. The van der Waals surface area contributed by atoms with Gasteiger partial charge in [-0.3, -0.25) is 9.59 Å². The lowest BCUT2D eigenvalue weighted by Gasteiger charge is -2.00. The number of carbonyl (C=O) groups excluding carboxylic acids is 2. The van der Waals surface area contributed by atoms with Crippen LogP contribution < -0.4 is 10.9 Å². The largest absolute Gasteiger partial charge is 0.463 e. The predicted octanol–water partition coefficient (Wildman–Crippen LogP) is 1.64. The third-order valence-electron chi connectivity index (χ3n) is 2.66. The van der Waals surface area contributed by atoms with Crippen LogP contribution >= 0.6 is 0 Å². The molecular weight excluding hydrogens is 300 g/mol. The Morgan fingerprint density at radius 2 is 1.39 bits per heavy atom. The second-order valence-electron chi connectivity index (χ2n) is 4.47. The molecule has 0 aliphatic heterocycles. The third-order valence-corrected chi connectivity index (χ3v) is 2.66. The number of hydrazone groups is 2. The second-order valence-corrected chi connectivity index (χ2v) is 4.47. The van der Waals surface area contributed by atoms with Gasteiger partial charge in [0, 0.05) is 12.8 Å². The van der Waals surface area contributed by atoms with E-state index in [0.717, 1.165) is 0 Å². The molecule has 0 unspecified atom stereocenters. The molecule has 2 aromatic heterocycles. The van der Waals surface area contributed by atoms with Crippen LogP contribution in [0.1, 0.15) is 30.8 Å². The summed E-state index contributed by atoms with van der Waals surface area (Å²) < 4.78 is 10.0. The number of rotatable bonds is 8. The van der Waals surface area contributed by atoms with E-state index in [-0.39, 0.29) is 24.7 Å². The van der Waals surface area contributed by atoms with Crippen molar-refractivity contribution < 1.29 is 18.4 Å². The Labute approximate surface area is 132 Å². The van der Waals surface area contributed by atoms with Gasteiger partial charge in [-0.1, -0.05) is 0 Å². The van der Waals surface area contributed by atoms with Gasteiger partial charge in [0.15, 0.2) is 0 Å². The van der Waals surface area contributed by atoms with E-state index < -0.39 is 0 Å². The first kappa shape index (κ1) is 16.2. The normalized spacial score (nSPS) is 11.1. The van der Waals surface area contributed by atoms with Crippen LogP contribution in [0.25, 0.3) is 0 Å². The van der Waals surface area contributed by atoms with E-state index in [1.54, 1.807) is 24.3 Å². The van der Waals surface area contributed by atoms with Crippen LogP contribution in [0.5, 0.6) is 0 Å². The fourth-order valence-corrected chi connectivity index (χ4v) is 1.59. The molecule has 2 aromatic rings. The van der Waals surface area contributed by atoms with Gasteiger partial charge in [-0.25, -0.2) is 10.9 Å². The maximum absolute atomic E-state index is 11.5. The summed E-state index contributed by atoms with van der Waals surface area (Å²) in [6, 6.07) is 6.86. The Kier molecular flexibility index (Phi) is 6.33. The summed E-state index contributed by atoms with van der Waals surface area (Å²) in [6.07, 6.45) is 6.58. The van der Waals surface area contributed by atoms with Crippen molar-refractivity contribution in [3.63, 3.8) is 0 Å². The smallest absolute Gasteiger partial charge is 0.240 e. The number of furan rings is 2. The first-order valence-corrected chi connectivity index (χ1v) is 6.95. The fraction of sp³-hybridized carbons (Fsp3) is 0.200. The lowest BCUT2D eigenvalue weighted by molar-refractivity contribution is -0.122. The average Bonchev–Trinajstić information content (AvgIpc) is 3.20. The van der Waals surface area contributed by atoms with Crippen molar-refractivity contribution in [3.8, 4) is 0 Å². The van der Waals surface area contributed by atoms with Crippen LogP contribution in [0.4, 0.5) is 0 Å². The zero-order valence-electron chi connectivity index (χ0n) is 12.3. The highest BCUT2D eigenvalue weighted by Gasteiger charge is 2.04. The standard InChI is InChI=1S/C15H16N4O4/c20-14(18-16-10-12-4-2-8-22-12)6-1-7-15(21)19-17-11-13-5-3-9-23-13/h2-5,8-11H,1,6-7H2,(H,18,20)(H,19,21)/b16-10+,17-11+. The molecule has 23 heavy (non-hydrogen) atoms. The van der Waals surface area contributed by atoms with Crippen LogP contribution in [-0.4, -0.2) is 24.2 Å². The van der Waals surface area contributed by atoms with Gasteiger partial charge in [-0.15, -0.1) is 0 Å². The Morgan fingerprint density at radius 1 is 0.913 bits per heavy atom. The predicted molar refractivity (Wildman–Crippen MR) is 82.7 cm³/mol. The molecule has 0 aliphatic rings. The number of nitrogens with one attached hydrogen (secondary N) is 2. The van der Waals surface area contributed by atoms with E-state index in [9.17, 15) is 9.59 Å². The molecule has 0 aliphatic carbocycles. The molecule has 2 rings (SSSR count). The fourth-order valence-electron chi connectivity index (χ4n) is 1.59. The highest BCUT2D eigenvalue weighted by molar-refractivity contribution is 5.82. The van der Waals surface area contributed by atoms with Gasteiger partial charge in [-0.05, 0) is 30.7 Å². The molecule has 0 atom stereocenters. The summed E-state index contributed by atoms with van der Waals surface area (Å²) in [5.41, 5.74) is 4.71. The van der Waals surface area contributed by atoms with Gasteiger partial charge < -0.3 is 8.83 Å². The lowest BCUT2D eigenvalue weighted by Crippen LogP contribution is -2.20. The molecule has 2 amide bonds. The van der Waals surface area contributed by atoms with E-state index >= 15 is 0 Å². The van der Waals surface area contributed by atoms with E-state index in [1.807, 2.05) is 0 Å². The molecule has 2 N–H and O–H groups in total. The molecule has 0 saturated carbocycles. The molecule has 0 bridgehead atoms. The van der Waals surface area contributed by atoms with Crippen LogP contribution in [0.3, 0.4) is 0 Å². The molecule has 0 saturated heterocycles. The quantitative estimate of drug-likeness (QED) is 0.570. The highest BCUT2D eigenvalue weighted by atomic mass is 16.3. The van der Waals surface area contributed by atoms with Crippen molar-refractivity contribution in [2.45, 2.75) is 19.3 Å². The molecule has 8 nitrogen and oxygen atoms in total. The SMILES string of the molecule is O=C(CCCC(=O)N/N=C/c1ccco1)N/N=C/c1ccco1. The number of nitrogens with zero attached hydrogens (tertiary/aromatic N) is 2. The minimum absolute atomic E-state index is 0.185. The zero-order chi connectivity index (χ0) is 16.3. The van der Waals surface area contributed by atoms with E-state index in [0.29, 0.717) is 17.9 Å². The monoisotopic (exact) mass is 316 g/mol. The minimum atomic E-state index is -0.278.